The molecule has 0 radical (unpaired) electrons. The maximum Gasteiger partial charge on any atom is 0.191 e. The Morgan fingerprint density at radius 3 is 2.73 bits per heavy atom. The number of hydrogen-bond acceptors (Lipinski definition) is 4. The number of benzene rings is 1. The van der Waals surface area contributed by atoms with Gasteiger partial charge >= 0.3 is 0 Å². The molecule has 0 amide bonds. The fourth-order valence-corrected chi connectivity index (χ4v) is 4.72. The largest absolute Gasteiger partial charge is 0.495 e. The predicted octanol–water partition coefficient (Wildman–Crippen LogP) is 4.04. The highest BCUT2D eigenvalue weighted by Crippen LogP contribution is 2.40. The summed E-state index contributed by atoms with van der Waals surface area (Å²) in [6.07, 6.45) is 7.46. The van der Waals surface area contributed by atoms with Crippen LogP contribution in [0.5, 0.6) is 5.75 Å². The van der Waals surface area contributed by atoms with Crippen molar-refractivity contribution in [3.63, 3.8) is 0 Å². The first-order chi connectivity index (χ1) is 14.2. The molecule has 2 fully saturated rings. The summed E-state index contributed by atoms with van der Waals surface area (Å²) in [7, 11) is 3.60. The number of methoxy groups -OCH3 is 1. The molecule has 1 aromatic carbocycles. The van der Waals surface area contributed by atoms with Crippen molar-refractivity contribution < 1.29 is 9.47 Å². The second kappa shape index (κ2) is 12.6. The average molecular weight is 530 g/mol. The van der Waals surface area contributed by atoms with Gasteiger partial charge in [-0.3, -0.25) is 4.99 Å². The predicted molar refractivity (Wildman–Crippen MR) is 136 cm³/mol. The van der Waals surface area contributed by atoms with Gasteiger partial charge in [-0.1, -0.05) is 25.0 Å². The average Bonchev–Trinajstić information content (AvgIpc) is 3.41. The van der Waals surface area contributed by atoms with Gasteiger partial charge in [-0.2, -0.15) is 0 Å². The van der Waals surface area contributed by atoms with E-state index in [1.54, 1.807) is 7.11 Å². The zero-order valence-electron chi connectivity index (χ0n) is 18.8. The van der Waals surface area contributed by atoms with E-state index in [2.05, 4.69) is 39.6 Å². The summed E-state index contributed by atoms with van der Waals surface area (Å²) < 4.78 is 11.2. The van der Waals surface area contributed by atoms with Gasteiger partial charge in [0.15, 0.2) is 5.96 Å². The molecular formula is C23H39IN4O2. The smallest absolute Gasteiger partial charge is 0.191 e. The van der Waals surface area contributed by atoms with Crippen molar-refractivity contribution in [2.75, 3.05) is 51.9 Å². The monoisotopic (exact) mass is 530 g/mol. The molecular weight excluding hydrogens is 491 g/mol. The van der Waals surface area contributed by atoms with E-state index in [4.69, 9.17) is 9.47 Å². The van der Waals surface area contributed by atoms with Crippen LogP contribution >= 0.6 is 24.0 Å². The lowest BCUT2D eigenvalue weighted by Crippen LogP contribution is -2.47. The Morgan fingerprint density at radius 2 is 2.03 bits per heavy atom. The Labute approximate surface area is 199 Å². The van der Waals surface area contributed by atoms with E-state index >= 15 is 0 Å². The number of guanidine groups is 1. The number of nitrogens with one attached hydrogen (secondary N) is 2. The van der Waals surface area contributed by atoms with Crippen molar-refractivity contribution in [1.29, 1.82) is 0 Å². The van der Waals surface area contributed by atoms with Crippen LogP contribution < -0.4 is 20.3 Å². The van der Waals surface area contributed by atoms with Crippen LogP contribution in [-0.2, 0) is 4.74 Å². The number of nitrogens with zero attached hydrogens (tertiary/aromatic N) is 2. The van der Waals surface area contributed by atoms with E-state index in [1.165, 1.54) is 31.4 Å². The van der Waals surface area contributed by atoms with Crippen LogP contribution in [0.25, 0.3) is 0 Å². The van der Waals surface area contributed by atoms with Crippen LogP contribution in [0.2, 0.25) is 0 Å². The molecule has 0 bridgehead atoms. The van der Waals surface area contributed by atoms with Gasteiger partial charge in [0, 0.05) is 45.9 Å². The van der Waals surface area contributed by atoms with Crippen LogP contribution in [0.4, 0.5) is 5.69 Å². The van der Waals surface area contributed by atoms with E-state index in [9.17, 15) is 0 Å². The minimum Gasteiger partial charge on any atom is -0.495 e. The third-order valence-electron chi connectivity index (χ3n) is 6.45. The maximum absolute atomic E-state index is 5.64. The quantitative estimate of drug-likeness (QED) is 0.219. The Kier molecular flexibility index (Phi) is 10.5. The van der Waals surface area contributed by atoms with E-state index in [1.807, 2.05) is 19.2 Å². The number of anilines is 1. The van der Waals surface area contributed by atoms with Gasteiger partial charge in [0.2, 0.25) is 0 Å². The third-order valence-corrected chi connectivity index (χ3v) is 6.45. The molecule has 1 aliphatic carbocycles. The first-order valence-corrected chi connectivity index (χ1v) is 11.1. The summed E-state index contributed by atoms with van der Waals surface area (Å²) in [5, 5.41) is 7.26. The minimum atomic E-state index is 0. The maximum atomic E-state index is 5.64. The van der Waals surface area contributed by atoms with Crippen molar-refractivity contribution >= 4 is 35.6 Å². The topological polar surface area (TPSA) is 58.1 Å². The fourth-order valence-electron chi connectivity index (χ4n) is 4.72. The summed E-state index contributed by atoms with van der Waals surface area (Å²) in [5.74, 6) is 1.85. The summed E-state index contributed by atoms with van der Waals surface area (Å²) >= 11 is 0. The van der Waals surface area contributed by atoms with E-state index in [-0.39, 0.29) is 24.0 Å². The molecule has 30 heavy (non-hydrogen) atoms. The summed E-state index contributed by atoms with van der Waals surface area (Å²) in [5.41, 5.74) is 1.52. The standard InChI is InChI=1S/C23H38N4O2.HI/c1-4-29-16-14-23(12-7-8-13-23)18-25-22(24-2)26-19-11-15-27(17-19)20-9-5-6-10-21(20)28-3;/h5-6,9-10,19H,4,7-8,11-18H2,1-3H3,(H2,24,25,26);1H. The highest BCUT2D eigenvalue weighted by molar-refractivity contribution is 14.0. The van der Waals surface area contributed by atoms with Gasteiger partial charge in [-0.05, 0) is 50.2 Å². The van der Waals surface area contributed by atoms with E-state index < -0.39 is 0 Å². The van der Waals surface area contributed by atoms with Crippen molar-refractivity contribution in [1.82, 2.24) is 10.6 Å². The molecule has 1 aliphatic heterocycles. The SMILES string of the molecule is CCOCCC1(CNC(=NC)NC2CCN(c3ccccc3OC)C2)CCCC1.I. The van der Waals surface area contributed by atoms with Crippen LogP contribution in [0, 0.1) is 5.41 Å². The number of ether oxygens (including phenoxy) is 2. The Hall–Kier alpha value is -1.22. The first kappa shape index (κ1) is 25.0. The highest BCUT2D eigenvalue weighted by Gasteiger charge is 2.34. The lowest BCUT2D eigenvalue weighted by Gasteiger charge is -2.30. The van der Waals surface area contributed by atoms with Crippen LogP contribution in [0.1, 0.15) is 45.4 Å². The van der Waals surface area contributed by atoms with Gasteiger partial charge in [-0.15, -0.1) is 24.0 Å². The summed E-state index contributed by atoms with van der Waals surface area (Å²) in [4.78, 5) is 6.88. The third kappa shape index (κ3) is 6.64. The van der Waals surface area contributed by atoms with Crippen molar-refractivity contribution in [3.05, 3.63) is 24.3 Å². The Morgan fingerprint density at radius 1 is 1.27 bits per heavy atom. The zero-order valence-corrected chi connectivity index (χ0v) is 21.1. The van der Waals surface area contributed by atoms with Gasteiger partial charge in [0.1, 0.15) is 5.75 Å². The van der Waals surface area contributed by atoms with Crippen molar-refractivity contribution in [2.45, 2.75) is 51.5 Å². The number of rotatable bonds is 9. The lowest BCUT2D eigenvalue weighted by molar-refractivity contribution is 0.105. The molecule has 1 aromatic rings. The molecule has 1 saturated heterocycles. The molecule has 1 unspecified atom stereocenters. The number of hydrogen-bond donors (Lipinski definition) is 2. The Balaban J connectivity index is 0.00000320. The molecule has 0 spiro atoms. The molecule has 1 atom stereocenters. The lowest BCUT2D eigenvalue weighted by atomic mass is 9.83. The van der Waals surface area contributed by atoms with Crippen LogP contribution in [0.3, 0.4) is 0 Å². The highest BCUT2D eigenvalue weighted by atomic mass is 127. The van der Waals surface area contributed by atoms with Gasteiger partial charge in [0.05, 0.1) is 12.8 Å². The summed E-state index contributed by atoms with van der Waals surface area (Å²) in [6, 6.07) is 8.64. The molecule has 1 heterocycles. The molecule has 2 aliphatic rings. The Bertz CT molecular complexity index is 664. The second-order valence-corrected chi connectivity index (χ2v) is 8.33. The number of aliphatic imine (C=N–C) groups is 1. The van der Waals surface area contributed by atoms with E-state index in [0.717, 1.165) is 57.4 Å². The molecule has 0 aromatic heterocycles. The van der Waals surface area contributed by atoms with Gasteiger partial charge in [0.25, 0.3) is 0 Å². The molecule has 7 heteroatoms. The minimum absolute atomic E-state index is 0. The van der Waals surface area contributed by atoms with Crippen LogP contribution in [0.15, 0.2) is 29.3 Å². The summed E-state index contributed by atoms with van der Waals surface area (Å²) in [6.45, 7) is 6.69. The van der Waals surface area contributed by atoms with Crippen molar-refractivity contribution in [3.8, 4) is 5.75 Å². The molecule has 170 valence electrons. The van der Waals surface area contributed by atoms with E-state index in [0.29, 0.717) is 11.5 Å². The molecule has 2 N–H and O–H groups in total. The molecule has 3 rings (SSSR count). The van der Waals surface area contributed by atoms with Gasteiger partial charge in [-0.25, -0.2) is 0 Å². The van der Waals surface area contributed by atoms with Gasteiger partial charge < -0.3 is 25.0 Å². The van der Waals surface area contributed by atoms with Crippen molar-refractivity contribution in [2.24, 2.45) is 10.4 Å². The normalized spacial score (nSPS) is 20.7. The number of halogens is 1. The number of para-hydroxylation sites is 2. The second-order valence-electron chi connectivity index (χ2n) is 8.33. The molecule has 1 saturated carbocycles. The fraction of sp³-hybridized carbons (Fsp3) is 0.696. The zero-order chi connectivity index (χ0) is 20.5. The first-order valence-electron chi connectivity index (χ1n) is 11.1. The van der Waals surface area contributed by atoms with Crippen LogP contribution in [-0.4, -0.2) is 59.0 Å². The molecule has 6 nitrogen and oxygen atoms in total.